The number of carboxylic acids is 1. The Balaban J connectivity index is 2.70. The quantitative estimate of drug-likeness (QED) is 0.389. The zero-order chi connectivity index (χ0) is 13.1. The lowest BCUT2D eigenvalue weighted by Gasteiger charge is -2.09. The molecule has 0 radical (unpaired) electrons. The summed E-state index contributed by atoms with van der Waals surface area (Å²) in [5.74, 6) is -1.03. The second-order valence-corrected chi connectivity index (χ2v) is 3.75. The molecule has 2 rings (SSSR count). The molecule has 0 saturated carbocycles. The van der Waals surface area contributed by atoms with Gasteiger partial charge in [-0.25, -0.2) is 4.79 Å². The van der Waals surface area contributed by atoms with Crippen molar-refractivity contribution in [2.45, 2.75) is 0 Å². The van der Waals surface area contributed by atoms with Crippen molar-refractivity contribution in [2.75, 3.05) is 0 Å². The SMILES string of the molecule is C=[N+]([O-])c1ccccc1-c1ccccc1C(=O)O. The van der Waals surface area contributed by atoms with Crippen LogP contribution in [0.2, 0.25) is 0 Å². The first-order valence-corrected chi connectivity index (χ1v) is 5.30. The number of rotatable bonds is 3. The molecule has 0 aliphatic carbocycles. The molecule has 90 valence electrons. The minimum Gasteiger partial charge on any atom is -0.619 e. The van der Waals surface area contributed by atoms with Gasteiger partial charge in [0.2, 0.25) is 5.69 Å². The average Bonchev–Trinajstić information content (AvgIpc) is 2.38. The lowest BCUT2D eigenvalue weighted by atomic mass is 9.98. The van der Waals surface area contributed by atoms with Crippen LogP contribution in [0.4, 0.5) is 5.69 Å². The van der Waals surface area contributed by atoms with E-state index in [-0.39, 0.29) is 5.56 Å². The van der Waals surface area contributed by atoms with Crippen LogP contribution < -0.4 is 0 Å². The number of carbonyl (C=O) groups is 1. The molecule has 4 nitrogen and oxygen atoms in total. The lowest BCUT2D eigenvalue weighted by molar-refractivity contribution is -0.349. The highest BCUT2D eigenvalue weighted by atomic mass is 16.5. The fraction of sp³-hybridized carbons (Fsp3) is 0. The van der Waals surface area contributed by atoms with Gasteiger partial charge in [-0.15, -0.1) is 0 Å². The second kappa shape index (κ2) is 4.71. The molecular formula is C14H11NO3. The number of hydrogen-bond donors (Lipinski definition) is 1. The van der Waals surface area contributed by atoms with E-state index in [1.165, 1.54) is 6.07 Å². The maximum atomic E-state index is 11.4. The molecule has 2 aromatic carbocycles. The van der Waals surface area contributed by atoms with Crippen molar-refractivity contribution in [3.8, 4) is 11.1 Å². The predicted octanol–water partition coefficient (Wildman–Crippen LogP) is 2.89. The van der Waals surface area contributed by atoms with Gasteiger partial charge in [-0.2, -0.15) is 4.74 Å². The Labute approximate surface area is 104 Å². The van der Waals surface area contributed by atoms with Crippen molar-refractivity contribution in [1.82, 2.24) is 0 Å². The van der Waals surface area contributed by atoms with Gasteiger partial charge in [0.1, 0.15) is 6.72 Å². The standard InChI is InChI=1S/C14H11NO3/c1-15(18)13-9-5-4-7-11(13)10-6-2-3-8-12(10)14(16)17/h2-9H,1H2,(H,16,17). The summed E-state index contributed by atoms with van der Waals surface area (Å²) in [5.41, 5.74) is 1.56. The number of carboxylic acid groups (broad SMARTS) is 1. The number of nitrogens with zero attached hydrogens (tertiary/aromatic N) is 1. The number of benzene rings is 2. The average molecular weight is 241 g/mol. The Kier molecular flexibility index (Phi) is 3.10. The van der Waals surface area contributed by atoms with Crippen LogP contribution >= 0.6 is 0 Å². The number of aromatic carboxylic acids is 1. The Bertz CT molecular complexity index is 564. The summed E-state index contributed by atoms with van der Waals surface area (Å²) in [6.45, 7) is 3.30. The Hall–Kier alpha value is -2.62. The molecule has 0 aliphatic rings. The second-order valence-electron chi connectivity index (χ2n) is 3.75. The molecule has 2 aromatic rings. The smallest absolute Gasteiger partial charge is 0.336 e. The normalized spacial score (nSPS) is 10.0. The summed E-state index contributed by atoms with van der Waals surface area (Å²) < 4.78 is 0.480. The molecular weight excluding hydrogens is 230 g/mol. The zero-order valence-electron chi connectivity index (χ0n) is 9.54. The number of hydrogen-bond acceptors (Lipinski definition) is 2. The van der Waals surface area contributed by atoms with Crippen molar-refractivity contribution < 1.29 is 14.6 Å². The third-order valence-corrected chi connectivity index (χ3v) is 2.62. The van der Waals surface area contributed by atoms with Gasteiger partial charge in [-0.05, 0) is 12.1 Å². The van der Waals surface area contributed by atoms with Gasteiger partial charge < -0.3 is 10.3 Å². The Morgan fingerprint density at radius 2 is 1.61 bits per heavy atom. The van der Waals surface area contributed by atoms with Gasteiger partial charge in [-0.1, -0.05) is 30.3 Å². The molecule has 0 bridgehead atoms. The predicted molar refractivity (Wildman–Crippen MR) is 69.2 cm³/mol. The van der Waals surface area contributed by atoms with E-state index in [0.717, 1.165) is 0 Å². The van der Waals surface area contributed by atoms with E-state index in [4.69, 9.17) is 5.11 Å². The first-order valence-electron chi connectivity index (χ1n) is 5.30. The number of para-hydroxylation sites is 1. The molecule has 0 atom stereocenters. The highest BCUT2D eigenvalue weighted by molar-refractivity contribution is 5.97. The van der Waals surface area contributed by atoms with Gasteiger partial charge in [-0.3, -0.25) is 0 Å². The van der Waals surface area contributed by atoms with Crippen molar-refractivity contribution in [2.24, 2.45) is 0 Å². The largest absolute Gasteiger partial charge is 0.619 e. The third kappa shape index (κ3) is 2.08. The van der Waals surface area contributed by atoms with E-state index in [0.29, 0.717) is 21.6 Å². The van der Waals surface area contributed by atoms with Crippen molar-refractivity contribution in [3.63, 3.8) is 0 Å². The molecule has 0 aliphatic heterocycles. The fourth-order valence-corrected chi connectivity index (χ4v) is 1.82. The van der Waals surface area contributed by atoms with E-state index in [1.807, 2.05) is 0 Å². The van der Waals surface area contributed by atoms with E-state index < -0.39 is 5.97 Å². The van der Waals surface area contributed by atoms with E-state index in [2.05, 4.69) is 6.72 Å². The summed E-state index contributed by atoms with van der Waals surface area (Å²) in [6.07, 6.45) is 0. The van der Waals surface area contributed by atoms with Crippen LogP contribution in [0.1, 0.15) is 10.4 Å². The first-order chi connectivity index (χ1) is 8.61. The molecule has 0 aromatic heterocycles. The fourth-order valence-electron chi connectivity index (χ4n) is 1.82. The monoisotopic (exact) mass is 241 g/mol. The molecule has 0 spiro atoms. The van der Waals surface area contributed by atoms with Gasteiger partial charge in [0, 0.05) is 11.6 Å². The summed E-state index contributed by atoms with van der Waals surface area (Å²) in [7, 11) is 0. The molecule has 18 heavy (non-hydrogen) atoms. The van der Waals surface area contributed by atoms with Crippen LogP contribution in [0.25, 0.3) is 11.1 Å². The van der Waals surface area contributed by atoms with Crippen LogP contribution in [0.3, 0.4) is 0 Å². The summed E-state index contributed by atoms with van der Waals surface area (Å²) in [6, 6.07) is 13.3. The molecule has 4 heteroatoms. The zero-order valence-corrected chi connectivity index (χ0v) is 9.54. The van der Waals surface area contributed by atoms with Crippen molar-refractivity contribution in [3.05, 3.63) is 59.3 Å². The lowest BCUT2D eigenvalue weighted by Crippen LogP contribution is -2.01. The Morgan fingerprint density at radius 3 is 2.22 bits per heavy atom. The van der Waals surface area contributed by atoms with E-state index in [9.17, 15) is 10.0 Å². The highest BCUT2D eigenvalue weighted by Gasteiger charge is 2.16. The summed E-state index contributed by atoms with van der Waals surface area (Å²) >= 11 is 0. The summed E-state index contributed by atoms with van der Waals surface area (Å²) in [5, 5.41) is 20.5. The van der Waals surface area contributed by atoms with Crippen LogP contribution in [0.15, 0.2) is 48.5 Å². The van der Waals surface area contributed by atoms with Crippen molar-refractivity contribution in [1.29, 1.82) is 0 Å². The van der Waals surface area contributed by atoms with E-state index in [1.54, 1.807) is 42.5 Å². The highest BCUT2D eigenvalue weighted by Crippen LogP contribution is 2.31. The van der Waals surface area contributed by atoms with Crippen LogP contribution in [0, 0.1) is 5.21 Å². The molecule has 0 amide bonds. The molecule has 0 heterocycles. The van der Waals surface area contributed by atoms with Gasteiger partial charge in [0.05, 0.1) is 11.1 Å². The van der Waals surface area contributed by atoms with Gasteiger partial charge in [0.15, 0.2) is 0 Å². The molecule has 0 saturated heterocycles. The van der Waals surface area contributed by atoms with E-state index >= 15 is 0 Å². The molecule has 1 N–H and O–H groups in total. The first kappa shape index (κ1) is 11.9. The minimum atomic E-state index is -1.03. The van der Waals surface area contributed by atoms with Crippen LogP contribution in [-0.4, -0.2) is 22.5 Å². The minimum absolute atomic E-state index is 0.159. The maximum Gasteiger partial charge on any atom is 0.336 e. The molecule has 0 unspecified atom stereocenters. The Morgan fingerprint density at radius 1 is 1.06 bits per heavy atom. The van der Waals surface area contributed by atoms with Crippen LogP contribution in [0.5, 0.6) is 0 Å². The molecule has 0 fully saturated rings. The van der Waals surface area contributed by atoms with Crippen molar-refractivity contribution >= 4 is 18.4 Å². The summed E-state index contributed by atoms with van der Waals surface area (Å²) in [4.78, 5) is 11.2. The maximum absolute atomic E-state index is 11.4. The third-order valence-electron chi connectivity index (χ3n) is 2.62. The van der Waals surface area contributed by atoms with Crippen LogP contribution in [-0.2, 0) is 0 Å². The van der Waals surface area contributed by atoms with Gasteiger partial charge in [0.25, 0.3) is 0 Å². The van der Waals surface area contributed by atoms with Gasteiger partial charge >= 0.3 is 5.97 Å². The topological polar surface area (TPSA) is 63.4 Å².